The van der Waals surface area contributed by atoms with Crippen molar-refractivity contribution in [2.45, 2.75) is 20.8 Å². The summed E-state index contributed by atoms with van der Waals surface area (Å²) in [6, 6.07) is 6.90. The second-order valence-electron chi connectivity index (χ2n) is 4.63. The normalized spacial score (nSPS) is 10.7. The summed E-state index contributed by atoms with van der Waals surface area (Å²) in [5.41, 5.74) is 0.374. The maximum absolute atomic E-state index is 11.8. The molecule has 1 rings (SSSR count). The lowest BCUT2D eigenvalue weighted by atomic mass is 9.96. The van der Waals surface area contributed by atoms with E-state index in [9.17, 15) is 9.90 Å². The highest BCUT2D eigenvalue weighted by Gasteiger charge is 2.19. The predicted molar refractivity (Wildman–Crippen MR) is 64.6 cm³/mol. The summed E-state index contributed by atoms with van der Waals surface area (Å²) >= 11 is 0. The number of phenols is 1. The van der Waals surface area contributed by atoms with E-state index in [0.29, 0.717) is 11.1 Å². The van der Waals surface area contributed by atoms with Crippen LogP contribution in [0.1, 0.15) is 29.8 Å². The van der Waals surface area contributed by atoms with Crippen molar-refractivity contribution in [2.24, 2.45) is 5.41 Å². The first-order chi connectivity index (χ1) is 7.87. The molecule has 0 aliphatic heterocycles. The predicted octanol–water partition coefficient (Wildman–Crippen LogP) is 1.98. The van der Waals surface area contributed by atoms with Gasteiger partial charge in [-0.3, -0.25) is 4.79 Å². The van der Waals surface area contributed by atoms with Gasteiger partial charge in [0.05, 0.1) is 11.5 Å². The van der Waals surface area contributed by atoms with E-state index >= 15 is 0 Å². The number of rotatable bonds is 3. The first-order valence-corrected chi connectivity index (χ1v) is 5.35. The van der Waals surface area contributed by atoms with Gasteiger partial charge in [-0.1, -0.05) is 6.07 Å². The molecule has 0 aliphatic rings. The van der Waals surface area contributed by atoms with E-state index < -0.39 is 5.41 Å². The van der Waals surface area contributed by atoms with Crippen LogP contribution in [0, 0.1) is 23.7 Å². The molecule has 4 heteroatoms. The molecule has 1 amide bonds. The largest absolute Gasteiger partial charge is 0.508 e. The van der Waals surface area contributed by atoms with Gasteiger partial charge in [-0.2, -0.15) is 5.26 Å². The van der Waals surface area contributed by atoms with Crippen LogP contribution < -0.4 is 5.32 Å². The van der Waals surface area contributed by atoms with Gasteiger partial charge in [0.15, 0.2) is 0 Å². The van der Waals surface area contributed by atoms with Crippen LogP contribution in [0.15, 0.2) is 18.2 Å². The zero-order valence-electron chi connectivity index (χ0n) is 10.2. The zero-order chi connectivity index (χ0) is 13.1. The number of amides is 1. The van der Waals surface area contributed by atoms with E-state index in [1.165, 1.54) is 6.07 Å². The quantitative estimate of drug-likeness (QED) is 0.836. The third-order valence-corrected chi connectivity index (χ3v) is 2.54. The molecule has 2 N–H and O–H groups in total. The third kappa shape index (κ3) is 3.22. The number of phenolic OH excluding ortho intramolecular Hbond substituents is 1. The monoisotopic (exact) mass is 232 g/mol. The summed E-state index contributed by atoms with van der Waals surface area (Å²) in [5.74, 6) is -0.182. The number of nitrogens with zero attached hydrogens (tertiary/aromatic N) is 1. The van der Waals surface area contributed by atoms with Crippen molar-refractivity contribution in [1.29, 1.82) is 5.26 Å². The van der Waals surface area contributed by atoms with Crippen molar-refractivity contribution < 1.29 is 9.90 Å². The summed E-state index contributed by atoms with van der Waals surface area (Å²) in [6.07, 6.45) is 0. The van der Waals surface area contributed by atoms with Crippen LogP contribution in [0.4, 0.5) is 0 Å². The van der Waals surface area contributed by atoms with E-state index in [2.05, 4.69) is 11.4 Å². The lowest BCUT2D eigenvalue weighted by Gasteiger charge is -2.16. The molecule has 1 aromatic carbocycles. The second-order valence-corrected chi connectivity index (χ2v) is 4.63. The molecular formula is C13H16N2O2. The molecule has 0 spiro atoms. The summed E-state index contributed by atoms with van der Waals surface area (Å²) in [7, 11) is 0. The van der Waals surface area contributed by atoms with Gasteiger partial charge >= 0.3 is 0 Å². The number of aromatic hydroxyl groups is 1. The van der Waals surface area contributed by atoms with Crippen LogP contribution in [0.3, 0.4) is 0 Å². The molecule has 0 saturated carbocycles. The molecule has 1 aromatic rings. The smallest absolute Gasteiger partial charge is 0.251 e. The molecule has 0 radical (unpaired) electrons. The molecule has 0 aliphatic carbocycles. The first kappa shape index (κ1) is 13.0. The average molecular weight is 232 g/mol. The topological polar surface area (TPSA) is 73.1 Å². The first-order valence-electron chi connectivity index (χ1n) is 5.35. The van der Waals surface area contributed by atoms with Crippen LogP contribution >= 0.6 is 0 Å². The Morgan fingerprint density at radius 1 is 1.53 bits per heavy atom. The minimum atomic E-state index is -0.597. The van der Waals surface area contributed by atoms with Gasteiger partial charge in [-0.25, -0.2) is 0 Å². The Balaban J connectivity index is 2.79. The molecule has 0 heterocycles. The summed E-state index contributed by atoms with van der Waals surface area (Å²) in [6.45, 7) is 5.46. The van der Waals surface area contributed by atoms with Gasteiger partial charge in [0.2, 0.25) is 0 Å². The van der Waals surface area contributed by atoms with E-state index in [-0.39, 0.29) is 18.2 Å². The molecule has 0 bridgehead atoms. The molecule has 0 aromatic heterocycles. The molecule has 0 saturated heterocycles. The lowest BCUT2D eigenvalue weighted by molar-refractivity contribution is 0.0942. The average Bonchev–Trinajstić information content (AvgIpc) is 2.30. The number of nitrogens with one attached hydrogen (secondary N) is 1. The maximum atomic E-state index is 11.8. The SMILES string of the molecule is Cc1c(O)cccc1C(=O)NCC(C)(C)C#N. The van der Waals surface area contributed by atoms with Crippen LogP contribution in [-0.4, -0.2) is 17.6 Å². The van der Waals surface area contributed by atoms with Gasteiger partial charge in [0.1, 0.15) is 5.75 Å². The Labute approximate surface area is 101 Å². The number of hydrogen-bond acceptors (Lipinski definition) is 3. The fourth-order valence-electron chi connectivity index (χ4n) is 1.31. The Bertz CT molecular complexity index is 473. The van der Waals surface area contributed by atoms with Crippen molar-refractivity contribution in [3.05, 3.63) is 29.3 Å². The van der Waals surface area contributed by atoms with Gasteiger partial charge in [-0.15, -0.1) is 0 Å². The van der Waals surface area contributed by atoms with Gasteiger partial charge in [0, 0.05) is 17.7 Å². The number of hydrogen-bond donors (Lipinski definition) is 2. The van der Waals surface area contributed by atoms with E-state index in [0.717, 1.165) is 0 Å². The number of nitriles is 1. The Kier molecular flexibility index (Phi) is 3.74. The van der Waals surface area contributed by atoms with Crippen molar-refractivity contribution in [3.8, 4) is 11.8 Å². The molecule has 4 nitrogen and oxygen atoms in total. The zero-order valence-corrected chi connectivity index (χ0v) is 10.2. The standard InChI is InChI=1S/C13H16N2O2/c1-9-10(5-4-6-11(9)16)12(17)15-8-13(2,3)7-14/h4-6,16H,8H2,1-3H3,(H,15,17). The summed E-state index contributed by atoms with van der Waals surface area (Å²) in [5, 5.41) is 21.0. The van der Waals surface area contributed by atoms with Gasteiger partial charge in [0.25, 0.3) is 5.91 Å². The van der Waals surface area contributed by atoms with Crippen LogP contribution in [-0.2, 0) is 0 Å². The van der Waals surface area contributed by atoms with Crippen molar-refractivity contribution in [2.75, 3.05) is 6.54 Å². The molecule has 0 fully saturated rings. The van der Waals surface area contributed by atoms with Gasteiger partial charge in [-0.05, 0) is 32.9 Å². The highest BCUT2D eigenvalue weighted by Crippen LogP contribution is 2.19. The number of benzene rings is 1. The second kappa shape index (κ2) is 4.88. The molecule has 0 unspecified atom stereocenters. The van der Waals surface area contributed by atoms with E-state index in [4.69, 9.17) is 5.26 Å². The van der Waals surface area contributed by atoms with Crippen LogP contribution in [0.5, 0.6) is 5.75 Å². The molecule has 17 heavy (non-hydrogen) atoms. The minimum Gasteiger partial charge on any atom is -0.508 e. The summed E-state index contributed by atoms with van der Waals surface area (Å²) < 4.78 is 0. The Morgan fingerprint density at radius 2 is 2.18 bits per heavy atom. The molecule has 0 atom stereocenters. The van der Waals surface area contributed by atoms with Crippen LogP contribution in [0.25, 0.3) is 0 Å². The number of carbonyl (C=O) groups excluding carboxylic acids is 1. The van der Waals surface area contributed by atoms with Gasteiger partial charge < -0.3 is 10.4 Å². The number of carbonyl (C=O) groups is 1. The lowest BCUT2D eigenvalue weighted by Crippen LogP contribution is -2.33. The minimum absolute atomic E-state index is 0.0946. The highest BCUT2D eigenvalue weighted by molar-refractivity contribution is 5.96. The Hall–Kier alpha value is -2.02. The fraction of sp³-hybridized carbons (Fsp3) is 0.385. The Morgan fingerprint density at radius 3 is 2.76 bits per heavy atom. The van der Waals surface area contributed by atoms with Crippen molar-refractivity contribution in [1.82, 2.24) is 5.32 Å². The maximum Gasteiger partial charge on any atom is 0.251 e. The highest BCUT2D eigenvalue weighted by atomic mass is 16.3. The molecule has 90 valence electrons. The fourth-order valence-corrected chi connectivity index (χ4v) is 1.31. The van der Waals surface area contributed by atoms with Crippen LogP contribution in [0.2, 0.25) is 0 Å². The van der Waals surface area contributed by atoms with E-state index in [1.807, 2.05) is 0 Å². The van der Waals surface area contributed by atoms with Crippen molar-refractivity contribution in [3.63, 3.8) is 0 Å². The van der Waals surface area contributed by atoms with E-state index in [1.54, 1.807) is 32.9 Å². The third-order valence-electron chi connectivity index (χ3n) is 2.54. The van der Waals surface area contributed by atoms with Crippen molar-refractivity contribution >= 4 is 5.91 Å². The summed E-state index contributed by atoms with van der Waals surface area (Å²) in [4.78, 5) is 11.8. The molecular weight excluding hydrogens is 216 g/mol.